The van der Waals surface area contributed by atoms with Crippen LogP contribution < -0.4 is 0 Å². The van der Waals surface area contributed by atoms with E-state index in [1.807, 2.05) is 0 Å². The van der Waals surface area contributed by atoms with Crippen LogP contribution in [0.15, 0.2) is 0 Å². The van der Waals surface area contributed by atoms with Crippen LogP contribution in [0.5, 0.6) is 0 Å². The van der Waals surface area contributed by atoms with Crippen molar-refractivity contribution < 1.29 is 0 Å². The molecular formula is C5H11I. The molecular weight excluding hydrogens is 187 g/mol. The molecule has 6 heavy (non-hydrogen) atoms. The van der Waals surface area contributed by atoms with E-state index < -0.39 is 0 Å². The van der Waals surface area contributed by atoms with Crippen molar-refractivity contribution in [3.05, 3.63) is 0 Å². The number of hydrogen-bond acceptors (Lipinski definition) is 0. The maximum atomic E-state index is 2.29. The molecule has 0 aliphatic heterocycles. The molecule has 0 aromatic heterocycles. The molecule has 1 heteroatoms. The Bertz CT molecular complexity index is 15.1. The van der Waals surface area contributed by atoms with Crippen molar-refractivity contribution in [2.45, 2.75) is 26.2 Å². The van der Waals surface area contributed by atoms with Crippen LogP contribution >= 0.6 is 22.6 Å². The monoisotopic (exact) mass is 198 g/mol. The summed E-state index contributed by atoms with van der Waals surface area (Å²) in [4.78, 5) is 0. The topological polar surface area (TPSA) is 0 Å². The first-order valence-electron chi connectivity index (χ1n) is 2.47. The summed E-state index contributed by atoms with van der Waals surface area (Å²) in [5, 5.41) is 0. The lowest BCUT2D eigenvalue weighted by molar-refractivity contribution is 1.50. The molecule has 0 heterocycles. The summed E-state index contributed by atoms with van der Waals surface area (Å²) in [6.45, 7) is 2.11. The van der Waals surface area contributed by atoms with Crippen LogP contribution in [-0.2, 0) is 0 Å². The van der Waals surface area contributed by atoms with E-state index in [1.54, 1.807) is 0 Å². The summed E-state index contributed by atoms with van der Waals surface area (Å²) in [5.74, 6) is 0. The lowest BCUT2D eigenvalue weighted by Gasteiger charge is -1.45. The Morgan fingerprint density at radius 3 is 1.50 bits per heavy atom. The Balaban J connectivity index is 0.0000000833. The van der Waals surface area contributed by atoms with Gasteiger partial charge in [0, 0.05) is 0 Å². The lowest BCUT2D eigenvalue weighted by Crippen LogP contribution is -1.33. The van der Waals surface area contributed by atoms with E-state index in [2.05, 4.69) is 29.5 Å². The van der Waals surface area contributed by atoms with E-state index in [0.717, 1.165) is 0 Å². The molecule has 0 aromatic carbocycles. The summed E-state index contributed by atoms with van der Waals surface area (Å²) >= 11 is 2.29. The molecule has 0 bridgehead atoms. The molecule has 0 atom stereocenters. The third kappa shape index (κ3) is 22.0. The van der Waals surface area contributed by atoms with Gasteiger partial charge in [0.05, 0.1) is 0 Å². The third-order valence-electron chi connectivity index (χ3n) is 0.354. The molecule has 0 nitrogen and oxygen atoms in total. The van der Waals surface area contributed by atoms with Crippen molar-refractivity contribution in [1.29, 1.82) is 0 Å². The predicted octanol–water partition coefficient (Wildman–Crippen LogP) is 2.61. The van der Waals surface area contributed by atoms with Gasteiger partial charge in [-0.25, -0.2) is 0 Å². The summed E-state index contributed by atoms with van der Waals surface area (Å²) in [7, 11) is 0. The van der Waals surface area contributed by atoms with Crippen LogP contribution in [0, 0.1) is 0 Å². The van der Waals surface area contributed by atoms with Gasteiger partial charge in [0.2, 0.25) is 0 Å². The highest BCUT2D eigenvalue weighted by Gasteiger charge is 1.95. The van der Waals surface area contributed by atoms with Gasteiger partial charge in [-0.05, 0) is 4.43 Å². The quantitative estimate of drug-likeness (QED) is 0.414. The SMILES string of the molecule is C1CC1.CCI. The highest BCUT2D eigenvalue weighted by atomic mass is 127. The van der Waals surface area contributed by atoms with Crippen molar-refractivity contribution in [3.8, 4) is 0 Å². The van der Waals surface area contributed by atoms with Crippen molar-refractivity contribution in [1.82, 2.24) is 0 Å². The minimum atomic E-state index is 1.22. The van der Waals surface area contributed by atoms with Gasteiger partial charge in [0.15, 0.2) is 0 Å². The third-order valence-corrected chi connectivity index (χ3v) is 0.354. The molecule has 0 aromatic rings. The average molecular weight is 198 g/mol. The van der Waals surface area contributed by atoms with Gasteiger partial charge in [-0.1, -0.05) is 48.8 Å². The fraction of sp³-hybridized carbons (Fsp3) is 1.00. The highest BCUT2D eigenvalue weighted by molar-refractivity contribution is 14.1. The van der Waals surface area contributed by atoms with Gasteiger partial charge >= 0.3 is 0 Å². The summed E-state index contributed by atoms with van der Waals surface area (Å²) in [5.41, 5.74) is 0. The highest BCUT2D eigenvalue weighted by Crippen LogP contribution is 2.14. The normalized spacial score (nSPS) is 15.0. The second-order valence-electron chi connectivity index (χ2n) is 1.33. The molecule has 1 rings (SSSR count). The first-order chi connectivity index (χ1) is 2.91. The molecule has 0 unspecified atom stereocenters. The smallest absolute Gasteiger partial charge is 0.00332 e. The fourth-order valence-electron chi connectivity index (χ4n) is 0. The van der Waals surface area contributed by atoms with E-state index in [9.17, 15) is 0 Å². The van der Waals surface area contributed by atoms with Crippen LogP contribution in [0.2, 0.25) is 0 Å². The van der Waals surface area contributed by atoms with Crippen molar-refractivity contribution in [2.75, 3.05) is 4.43 Å². The van der Waals surface area contributed by atoms with E-state index in [1.165, 1.54) is 23.7 Å². The zero-order valence-electron chi connectivity index (χ0n) is 4.21. The van der Waals surface area contributed by atoms with Gasteiger partial charge in [0.25, 0.3) is 0 Å². The Morgan fingerprint density at radius 2 is 1.50 bits per heavy atom. The maximum absolute atomic E-state index is 2.29. The Morgan fingerprint density at radius 1 is 1.33 bits per heavy atom. The van der Waals surface area contributed by atoms with Crippen LogP contribution in [0.1, 0.15) is 26.2 Å². The second-order valence-corrected chi connectivity index (χ2v) is 2.85. The van der Waals surface area contributed by atoms with E-state index in [0.29, 0.717) is 0 Å². The number of hydrogen-bond donors (Lipinski definition) is 0. The minimum absolute atomic E-state index is 1.22. The summed E-state index contributed by atoms with van der Waals surface area (Å²) in [6.07, 6.45) is 4.50. The molecule has 1 aliphatic rings. The van der Waals surface area contributed by atoms with Crippen LogP contribution in [0.3, 0.4) is 0 Å². The van der Waals surface area contributed by atoms with Crippen LogP contribution in [-0.4, -0.2) is 4.43 Å². The van der Waals surface area contributed by atoms with Gasteiger partial charge in [-0.15, -0.1) is 0 Å². The zero-order chi connectivity index (χ0) is 4.83. The Hall–Kier alpha value is 0.730. The predicted molar refractivity (Wildman–Crippen MR) is 38.4 cm³/mol. The van der Waals surface area contributed by atoms with Crippen molar-refractivity contribution in [3.63, 3.8) is 0 Å². The average Bonchev–Trinajstić information content (AvgIpc) is 2.11. The molecule has 0 saturated heterocycles. The second kappa shape index (κ2) is 5.73. The first kappa shape index (κ1) is 6.73. The summed E-state index contributed by atoms with van der Waals surface area (Å²) in [6, 6.07) is 0. The van der Waals surface area contributed by atoms with Gasteiger partial charge in [0.1, 0.15) is 0 Å². The van der Waals surface area contributed by atoms with Crippen molar-refractivity contribution in [2.24, 2.45) is 0 Å². The molecule has 0 amide bonds. The zero-order valence-corrected chi connectivity index (χ0v) is 6.36. The van der Waals surface area contributed by atoms with Crippen molar-refractivity contribution >= 4 is 22.6 Å². The van der Waals surface area contributed by atoms with Gasteiger partial charge < -0.3 is 0 Å². The van der Waals surface area contributed by atoms with E-state index >= 15 is 0 Å². The van der Waals surface area contributed by atoms with Crippen LogP contribution in [0.25, 0.3) is 0 Å². The molecule has 38 valence electrons. The lowest BCUT2D eigenvalue weighted by atomic mass is 11.0. The fourth-order valence-corrected chi connectivity index (χ4v) is 0. The maximum Gasteiger partial charge on any atom is -0.00332 e. The molecule has 1 aliphatic carbocycles. The largest absolute Gasteiger partial charge is 0.0867 e. The minimum Gasteiger partial charge on any atom is -0.0867 e. The molecule has 0 radical (unpaired) electrons. The number of halogens is 1. The van der Waals surface area contributed by atoms with Gasteiger partial charge in [-0.3, -0.25) is 0 Å². The Kier molecular flexibility index (Phi) is 6.43. The number of rotatable bonds is 0. The molecule has 0 spiro atoms. The number of alkyl halides is 1. The van der Waals surface area contributed by atoms with Crippen LogP contribution in [0.4, 0.5) is 0 Å². The van der Waals surface area contributed by atoms with E-state index in [4.69, 9.17) is 0 Å². The van der Waals surface area contributed by atoms with Gasteiger partial charge in [-0.2, -0.15) is 0 Å². The standard InChI is InChI=1S/C3H6.C2H5I/c1-2-3-1;1-2-3/h1-3H2;2H2,1H3. The molecule has 1 fully saturated rings. The molecule has 0 N–H and O–H groups in total. The Labute approximate surface area is 53.5 Å². The summed E-state index contributed by atoms with van der Waals surface area (Å²) < 4.78 is 1.22. The van der Waals surface area contributed by atoms with E-state index in [-0.39, 0.29) is 0 Å². The molecule has 1 saturated carbocycles. The first-order valence-corrected chi connectivity index (χ1v) is 4.00.